The minimum Gasteiger partial charge on any atom is -0.428 e. The number of rotatable bonds is 23. The highest BCUT2D eigenvalue weighted by Gasteiger charge is 2.43. The van der Waals surface area contributed by atoms with Crippen molar-refractivity contribution >= 4 is 35.2 Å². The van der Waals surface area contributed by atoms with E-state index in [0.717, 1.165) is 12.0 Å². The highest BCUT2D eigenvalue weighted by atomic mass is 16.5. The summed E-state index contributed by atoms with van der Waals surface area (Å²) in [5.41, 5.74) is 7.23. The summed E-state index contributed by atoms with van der Waals surface area (Å²) in [5, 5.41) is 16.4. The molecule has 0 radical (unpaired) electrons. The first kappa shape index (κ1) is 49.8. The number of aromatic nitrogens is 2. The van der Waals surface area contributed by atoms with Crippen LogP contribution in [-0.2, 0) is 46.4 Å². The van der Waals surface area contributed by atoms with Gasteiger partial charge >= 0.3 is 0 Å². The maximum Gasteiger partial charge on any atom is 0.245 e. The zero-order valence-electron chi connectivity index (χ0n) is 37.8. The van der Waals surface area contributed by atoms with Crippen LogP contribution in [0.25, 0.3) is 0 Å². The molecule has 1 aromatic carbocycles. The monoisotopic (exact) mass is 842 g/mol. The molecule has 336 valence electrons. The quantitative estimate of drug-likeness (QED) is 0.119. The molecule has 3 rings (SSSR count). The van der Waals surface area contributed by atoms with Crippen molar-refractivity contribution in [1.82, 2.24) is 40.8 Å². The topological polar surface area (TPSA) is 215 Å². The number of hydrogen-bond donors (Lipinski definition) is 4. The Balaban J connectivity index is 1.78. The molecule has 1 aliphatic heterocycles. The first-order chi connectivity index (χ1) is 28.4. The average Bonchev–Trinajstić information content (AvgIpc) is 3.91. The number of nitrogens with two attached hydrogens (primary N) is 1. The Kier molecular flexibility index (Phi) is 19.4. The Labute approximate surface area is 356 Å². The van der Waals surface area contributed by atoms with E-state index in [-0.39, 0.29) is 60.8 Å². The van der Waals surface area contributed by atoms with Gasteiger partial charge in [0.05, 0.1) is 49.1 Å². The van der Waals surface area contributed by atoms with Crippen molar-refractivity contribution in [3.63, 3.8) is 0 Å². The van der Waals surface area contributed by atoms with Gasteiger partial charge in [0.2, 0.25) is 41.8 Å². The number of hydrogen-bond acceptors (Lipinski definition) is 12. The summed E-state index contributed by atoms with van der Waals surface area (Å²) in [4.78, 5) is 74.7. The summed E-state index contributed by atoms with van der Waals surface area (Å²) in [6.45, 7) is 14.2. The molecule has 0 unspecified atom stereocenters. The normalized spacial score (nSPS) is 18.3. The van der Waals surface area contributed by atoms with Gasteiger partial charge in [0.1, 0.15) is 12.1 Å². The van der Waals surface area contributed by atoms with E-state index in [4.69, 9.17) is 19.6 Å². The number of carbonyl (C=O) groups excluding carboxylic acids is 5. The lowest BCUT2D eigenvalue weighted by atomic mass is 9.89. The summed E-state index contributed by atoms with van der Waals surface area (Å²) < 4.78 is 17.3. The maximum absolute atomic E-state index is 14.3. The first-order valence-electron chi connectivity index (χ1n) is 21.1. The minimum atomic E-state index is -1.04. The van der Waals surface area contributed by atoms with Crippen LogP contribution < -0.4 is 21.7 Å². The van der Waals surface area contributed by atoms with Crippen molar-refractivity contribution in [2.45, 2.75) is 130 Å². The number of nitrogen functional groups attached to an aromatic ring is 1. The molecule has 1 saturated heterocycles. The van der Waals surface area contributed by atoms with Crippen molar-refractivity contribution in [2.24, 2.45) is 23.7 Å². The molecule has 1 aromatic heterocycles. The van der Waals surface area contributed by atoms with Gasteiger partial charge in [-0.1, -0.05) is 67.0 Å². The predicted octanol–water partition coefficient (Wildman–Crippen LogP) is 2.64. The summed E-state index contributed by atoms with van der Waals surface area (Å²) in [6, 6.07) is 3.90. The van der Waals surface area contributed by atoms with Crippen LogP contribution in [0, 0.1) is 23.7 Å². The van der Waals surface area contributed by atoms with Crippen LogP contribution in [0.2, 0.25) is 0 Å². The lowest BCUT2D eigenvalue weighted by molar-refractivity contribution is -0.148. The number of benzene rings is 1. The fourth-order valence-electron chi connectivity index (χ4n) is 8.33. The second-order valence-electron chi connectivity index (χ2n) is 17.0. The van der Waals surface area contributed by atoms with E-state index in [1.54, 1.807) is 55.1 Å². The van der Waals surface area contributed by atoms with Gasteiger partial charge in [-0.2, -0.15) is 0 Å². The third-order valence-corrected chi connectivity index (χ3v) is 11.8. The van der Waals surface area contributed by atoms with E-state index in [1.165, 1.54) is 7.11 Å². The largest absolute Gasteiger partial charge is 0.428 e. The third kappa shape index (κ3) is 13.2. The van der Waals surface area contributed by atoms with E-state index in [0.29, 0.717) is 31.5 Å². The van der Waals surface area contributed by atoms with Crippen LogP contribution in [0.3, 0.4) is 0 Å². The number of amides is 5. The van der Waals surface area contributed by atoms with Crippen molar-refractivity contribution in [2.75, 3.05) is 47.6 Å². The number of ether oxygens (including phenoxy) is 2. The molecule has 5 N–H and O–H groups in total. The van der Waals surface area contributed by atoms with E-state index < -0.39 is 60.1 Å². The Bertz CT molecular complexity index is 1660. The number of likely N-dealkylation sites (tertiary alicyclic amines) is 1. The van der Waals surface area contributed by atoms with Gasteiger partial charge in [0, 0.05) is 40.0 Å². The van der Waals surface area contributed by atoms with Crippen molar-refractivity contribution in [3.05, 3.63) is 42.1 Å². The molecule has 2 heterocycles. The van der Waals surface area contributed by atoms with E-state index in [1.807, 2.05) is 60.5 Å². The second-order valence-corrected chi connectivity index (χ2v) is 17.0. The van der Waals surface area contributed by atoms with Gasteiger partial charge in [-0.3, -0.25) is 28.9 Å². The molecular weight excluding hydrogens is 771 g/mol. The molecule has 2 aromatic rings. The van der Waals surface area contributed by atoms with E-state index >= 15 is 0 Å². The minimum absolute atomic E-state index is 0.0220. The summed E-state index contributed by atoms with van der Waals surface area (Å²) >= 11 is 0. The Morgan fingerprint density at radius 3 is 2.13 bits per heavy atom. The van der Waals surface area contributed by atoms with Crippen molar-refractivity contribution < 1.29 is 37.9 Å². The smallest absolute Gasteiger partial charge is 0.245 e. The number of carbonyl (C=O) groups is 5. The lowest BCUT2D eigenvalue weighted by Crippen LogP contribution is -2.59. The Hall–Kier alpha value is -4.61. The van der Waals surface area contributed by atoms with Crippen LogP contribution in [0.15, 0.2) is 35.1 Å². The van der Waals surface area contributed by atoms with Gasteiger partial charge < -0.3 is 45.4 Å². The van der Waals surface area contributed by atoms with E-state index in [2.05, 4.69) is 26.1 Å². The molecule has 0 saturated carbocycles. The maximum atomic E-state index is 14.3. The molecule has 0 aliphatic carbocycles. The van der Waals surface area contributed by atoms with Crippen LogP contribution in [-0.4, -0.2) is 139 Å². The third-order valence-electron chi connectivity index (χ3n) is 11.8. The molecule has 17 nitrogen and oxygen atoms in total. The van der Waals surface area contributed by atoms with E-state index in [9.17, 15) is 24.0 Å². The summed E-state index contributed by atoms with van der Waals surface area (Å²) in [7, 11) is 8.46. The summed E-state index contributed by atoms with van der Waals surface area (Å²) in [6.07, 6.45) is 1.72. The van der Waals surface area contributed by atoms with Crippen LogP contribution in [0.4, 0.5) is 5.69 Å². The molecule has 60 heavy (non-hydrogen) atoms. The molecule has 5 amide bonds. The highest BCUT2D eigenvalue weighted by molar-refractivity contribution is 5.90. The average molecular weight is 842 g/mol. The number of methoxy groups -OCH3 is 2. The second kappa shape index (κ2) is 23.4. The lowest BCUT2D eigenvalue weighted by Gasteiger charge is -2.41. The number of likely N-dealkylation sites (N-methyl/N-ethyl adjacent to an activating group) is 2. The standard InChI is InChI=1S/C43H71N9O8/c1-13-27(6)38(51(10)43(57)36(25(2)3)48-42(56)37(26(4)5)50(8)9)33(58-11)22-35(53)52-20-14-15-32(52)39(59-12)28(7)40(54)47-31(21-34-49-46-24-60-34)41(55)45-23-29-16-18-30(44)19-17-29/h16-19,24-28,31-33,36-39H,13-15,20-23,44H2,1-12H3,(H,45,55)(H,47,54)(H,48,56)/t27-,28+,31-,32-,33+,36-,37-,38-,39+/m0/s1. The predicted molar refractivity (Wildman–Crippen MR) is 228 cm³/mol. The van der Waals surface area contributed by atoms with Crippen LogP contribution >= 0.6 is 0 Å². The highest BCUT2D eigenvalue weighted by Crippen LogP contribution is 2.30. The fourth-order valence-corrected chi connectivity index (χ4v) is 8.33. The Morgan fingerprint density at radius 1 is 0.933 bits per heavy atom. The van der Waals surface area contributed by atoms with Crippen molar-refractivity contribution in [1.29, 1.82) is 0 Å². The van der Waals surface area contributed by atoms with Crippen LogP contribution in [0.5, 0.6) is 0 Å². The molecule has 9 atom stereocenters. The zero-order valence-corrected chi connectivity index (χ0v) is 37.8. The Morgan fingerprint density at radius 2 is 1.60 bits per heavy atom. The molecule has 0 bridgehead atoms. The molecule has 1 fully saturated rings. The van der Waals surface area contributed by atoms with Gasteiger partial charge in [-0.05, 0) is 62.4 Å². The van der Waals surface area contributed by atoms with Gasteiger partial charge in [-0.15, -0.1) is 10.2 Å². The van der Waals surface area contributed by atoms with Crippen molar-refractivity contribution in [3.8, 4) is 0 Å². The molecule has 1 aliphatic rings. The van der Waals surface area contributed by atoms with Gasteiger partial charge in [0.25, 0.3) is 0 Å². The molecule has 17 heteroatoms. The van der Waals surface area contributed by atoms with Gasteiger partial charge in [0.15, 0.2) is 0 Å². The molecular formula is C43H71N9O8. The first-order valence-corrected chi connectivity index (χ1v) is 21.1. The van der Waals surface area contributed by atoms with Gasteiger partial charge in [-0.25, -0.2) is 0 Å². The fraction of sp³-hybridized carbons (Fsp3) is 0.698. The molecule has 0 spiro atoms. The number of nitrogens with one attached hydrogen (secondary N) is 3. The zero-order chi connectivity index (χ0) is 44.8. The van der Waals surface area contributed by atoms with Crippen LogP contribution in [0.1, 0.15) is 85.6 Å². The SMILES string of the molecule is CC[C@H](C)[C@@H]([C@@H](CC(=O)N1CCC[C@H]1[C@H](OC)[C@@H](C)C(=O)N[C@@H](Cc1nnco1)C(=O)NCc1ccc(N)cc1)OC)N(C)C(=O)[C@@H](NC(=O)[C@H](C(C)C)N(C)C)C(C)C. The summed E-state index contributed by atoms with van der Waals surface area (Å²) in [5.74, 6) is -2.39. The number of anilines is 1. The number of nitrogens with zero attached hydrogens (tertiary/aromatic N) is 5.